The molecule has 0 radical (unpaired) electrons. The molecular formula is C13H11ClO4. The molecule has 0 saturated carbocycles. The predicted octanol–water partition coefficient (Wildman–Crippen LogP) is 2.21. The Hall–Kier alpha value is -1.68. The van der Waals surface area contributed by atoms with Crippen molar-refractivity contribution in [1.29, 1.82) is 0 Å². The van der Waals surface area contributed by atoms with E-state index in [1.807, 2.05) is 6.07 Å². The van der Waals surface area contributed by atoms with E-state index in [2.05, 4.69) is 0 Å². The first-order valence-corrected chi connectivity index (χ1v) is 5.97. The van der Waals surface area contributed by atoms with Gasteiger partial charge in [0.15, 0.2) is 11.5 Å². The van der Waals surface area contributed by atoms with Gasteiger partial charge in [0.2, 0.25) is 0 Å². The van der Waals surface area contributed by atoms with Crippen LogP contribution < -0.4 is 9.47 Å². The Balaban J connectivity index is 2.20. The summed E-state index contributed by atoms with van der Waals surface area (Å²) in [6.07, 6.45) is 0. The zero-order chi connectivity index (χ0) is 12.7. The second-order valence-corrected chi connectivity index (χ2v) is 4.55. The lowest BCUT2D eigenvalue weighted by Gasteiger charge is -2.12. The lowest BCUT2D eigenvalue weighted by molar-refractivity contribution is -0.135. The number of hydrogen-bond acceptors (Lipinski definition) is 4. The fourth-order valence-electron chi connectivity index (χ4n) is 2.23. The topological polar surface area (TPSA) is 44.8 Å². The number of carbonyl (C=O) groups is 1. The molecule has 18 heavy (non-hydrogen) atoms. The van der Waals surface area contributed by atoms with E-state index in [9.17, 15) is 4.79 Å². The summed E-state index contributed by atoms with van der Waals surface area (Å²) in [5.41, 5.74) is 1.18. The summed E-state index contributed by atoms with van der Waals surface area (Å²) >= 11 is 6.32. The maximum atomic E-state index is 11.7. The molecule has 2 aliphatic rings. The van der Waals surface area contributed by atoms with Gasteiger partial charge in [0.05, 0.1) is 30.2 Å². The molecule has 94 valence electrons. The van der Waals surface area contributed by atoms with Gasteiger partial charge < -0.3 is 14.2 Å². The number of benzene rings is 1. The van der Waals surface area contributed by atoms with Gasteiger partial charge in [0, 0.05) is 5.56 Å². The number of fused-ring (bicyclic) bond motifs is 2. The zero-order valence-corrected chi connectivity index (χ0v) is 10.5. The molecule has 0 aliphatic carbocycles. The van der Waals surface area contributed by atoms with Gasteiger partial charge in [-0.25, -0.2) is 4.79 Å². The summed E-state index contributed by atoms with van der Waals surface area (Å²) < 4.78 is 16.0. The van der Waals surface area contributed by atoms with Crippen LogP contribution in [0.15, 0.2) is 23.8 Å². The first kappa shape index (κ1) is 11.4. The van der Waals surface area contributed by atoms with Gasteiger partial charge in [-0.3, -0.25) is 0 Å². The van der Waals surface area contributed by atoms with Crippen LogP contribution in [0.1, 0.15) is 5.56 Å². The van der Waals surface area contributed by atoms with Gasteiger partial charge in [0.1, 0.15) is 6.61 Å². The van der Waals surface area contributed by atoms with Crippen LogP contribution in [0, 0.1) is 5.92 Å². The number of halogens is 1. The van der Waals surface area contributed by atoms with Crippen molar-refractivity contribution in [1.82, 2.24) is 0 Å². The van der Waals surface area contributed by atoms with Crippen molar-refractivity contribution in [2.75, 3.05) is 20.3 Å². The molecule has 1 aromatic carbocycles. The van der Waals surface area contributed by atoms with E-state index in [0.717, 1.165) is 0 Å². The van der Waals surface area contributed by atoms with Crippen molar-refractivity contribution >= 4 is 22.6 Å². The highest BCUT2D eigenvalue weighted by Gasteiger charge is 2.37. The first-order valence-electron chi connectivity index (χ1n) is 5.59. The quantitative estimate of drug-likeness (QED) is 0.731. The van der Waals surface area contributed by atoms with Crippen molar-refractivity contribution < 1.29 is 19.0 Å². The van der Waals surface area contributed by atoms with E-state index in [1.165, 1.54) is 0 Å². The Bertz CT molecular complexity index is 550. The fourth-order valence-corrected chi connectivity index (χ4v) is 2.61. The van der Waals surface area contributed by atoms with Gasteiger partial charge in [0.25, 0.3) is 0 Å². The summed E-state index contributed by atoms with van der Waals surface area (Å²) in [5.74, 6) is 0.727. The average molecular weight is 267 g/mol. The van der Waals surface area contributed by atoms with Crippen LogP contribution in [0.3, 0.4) is 0 Å². The van der Waals surface area contributed by atoms with E-state index in [-0.39, 0.29) is 11.9 Å². The third-order valence-electron chi connectivity index (χ3n) is 3.14. The van der Waals surface area contributed by atoms with Crippen LogP contribution in [0.4, 0.5) is 0 Å². The highest BCUT2D eigenvalue weighted by molar-refractivity contribution is 6.51. The van der Waals surface area contributed by atoms with Crippen molar-refractivity contribution in [3.05, 3.63) is 29.3 Å². The molecule has 1 saturated heterocycles. The minimum absolute atomic E-state index is 0.109. The van der Waals surface area contributed by atoms with E-state index in [4.69, 9.17) is 25.8 Å². The summed E-state index contributed by atoms with van der Waals surface area (Å²) in [4.78, 5) is 11.7. The van der Waals surface area contributed by atoms with Crippen LogP contribution in [0.25, 0.3) is 5.03 Å². The van der Waals surface area contributed by atoms with Crippen molar-refractivity contribution in [2.45, 2.75) is 0 Å². The van der Waals surface area contributed by atoms with Crippen molar-refractivity contribution in [2.24, 2.45) is 5.92 Å². The van der Waals surface area contributed by atoms with Crippen LogP contribution in [0.2, 0.25) is 0 Å². The number of methoxy groups -OCH3 is 1. The molecule has 1 unspecified atom stereocenters. The Morgan fingerprint density at radius 3 is 2.89 bits per heavy atom. The summed E-state index contributed by atoms with van der Waals surface area (Å²) in [6.45, 7) is 0.686. The fraction of sp³-hybridized carbons (Fsp3) is 0.308. The molecule has 0 N–H and O–H groups in total. The number of cyclic esters (lactones) is 1. The van der Waals surface area contributed by atoms with Gasteiger partial charge >= 0.3 is 5.97 Å². The molecule has 2 aliphatic heterocycles. The molecule has 2 heterocycles. The smallest absolute Gasteiger partial charge is 0.336 e. The van der Waals surface area contributed by atoms with E-state index < -0.39 is 0 Å². The number of ether oxygens (including phenoxy) is 3. The Labute approximate surface area is 109 Å². The predicted molar refractivity (Wildman–Crippen MR) is 65.7 cm³/mol. The SMILES string of the molecule is COc1cccc2c1OCC1COC(=O)C1=C2Cl. The van der Waals surface area contributed by atoms with Crippen LogP contribution in [0.5, 0.6) is 11.5 Å². The second kappa shape index (κ2) is 4.21. The third-order valence-corrected chi connectivity index (χ3v) is 3.55. The maximum absolute atomic E-state index is 11.7. The summed E-state index contributed by atoms with van der Waals surface area (Å²) in [6, 6.07) is 5.42. The van der Waals surface area contributed by atoms with Crippen molar-refractivity contribution in [3.8, 4) is 11.5 Å². The minimum Gasteiger partial charge on any atom is -0.493 e. The second-order valence-electron chi connectivity index (χ2n) is 4.17. The number of rotatable bonds is 1. The highest BCUT2D eigenvalue weighted by atomic mass is 35.5. The van der Waals surface area contributed by atoms with Gasteiger partial charge in [-0.1, -0.05) is 17.7 Å². The Kier molecular flexibility index (Phi) is 2.67. The average Bonchev–Trinajstić information content (AvgIpc) is 2.68. The lowest BCUT2D eigenvalue weighted by Crippen LogP contribution is -2.13. The number of para-hydroxylation sites is 1. The van der Waals surface area contributed by atoms with Crippen LogP contribution >= 0.6 is 11.6 Å². The normalized spacial score (nSPS) is 21.7. The standard InChI is InChI=1S/C13H11ClO4/c1-16-9-4-2-3-8-11(14)10-7(5-17-12(8)9)6-18-13(10)15/h2-4,7H,5-6H2,1H3. The molecule has 1 aromatic rings. The highest BCUT2D eigenvalue weighted by Crippen LogP contribution is 2.43. The Morgan fingerprint density at radius 1 is 1.33 bits per heavy atom. The van der Waals surface area contributed by atoms with Crippen molar-refractivity contribution in [3.63, 3.8) is 0 Å². The van der Waals surface area contributed by atoms with E-state index in [1.54, 1.807) is 19.2 Å². The molecule has 1 fully saturated rings. The number of carbonyl (C=O) groups excluding carboxylic acids is 1. The minimum atomic E-state index is -0.357. The zero-order valence-electron chi connectivity index (χ0n) is 9.73. The van der Waals surface area contributed by atoms with Crippen LogP contribution in [-0.4, -0.2) is 26.3 Å². The molecule has 0 aromatic heterocycles. The van der Waals surface area contributed by atoms with E-state index in [0.29, 0.717) is 40.9 Å². The summed E-state index contributed by atoms with van der Waals surface area (Å²) in [5, 5.41) is 0.397. The van der Waals surface area contributed by atoms with Gasteiger partial charge in [-0.15, -0.1) is 0 Å². The lowest BCUT2D eigenvalue weighted by atomic mass is 10.0. The summed E-state index contributed by atoms with van der Waals surface area (Å²) in [7, 11) is 1.57. The van der Waals surface area contributed by atoms with Gasteiger partial charge in [-0.05, 0) is 12.1 Å². The van der Waals surface area contributed by atoms with Gasteiger partial charge in [-0.2, -0.15) is 0 Å². The monoisotopic (exact) mass is 266 g/mol. The third kappa shape index (κ3) is 1.56. The molecule has 5 heteroatoms. The number of hydrogen-bond donors (Lipinski definition) is 0. The maximum Gasteiger partial charge on any atom is 0.336 e. The molecule has 0 spiro atoms. The molecule has 0 amide bonds. The first-order chi connectivity index (χ1) is 8.72. The molecule has 1 atom stereocenters. The molecular weight excluding hydrogens is 256 g/mol. The Morgan fingerprint density at radius 2 is 2.11 bits per heavy atom. The molecule has 4 nitrogen and oxygen atoms in total. The van der Waals surface area contributed by atoms with Crippen LogP contribution in [-0.2, 0) is 9.53 Å². The van der Waals surface area contributed by atoms with E-state index >= 15 is 0 Å². The molecule has 0 bridgehead atoms. The molecule has 3 rings (SSSR count). The largest absolute Gasteiger partial charge is 0.493 e. The number of esters is 1.